The van der Waals surface area contributed by atoms with E-state index in [-0.39, 0.29) is 0 Å². The summed E-state index contributed by atoms with van der Waals surface area (Å²) in [6.07, 6.45) is 5.50. The monoisotopic (exact) mass is 162 g/mol. The van der Waals surface area contributed by atoms with Crippen molar-refractivity contribution in [3.05, 3.63) is 42.2 Å². The van der Waals surface area contributed by atoms with E-state index in [2.05, 4.69) is 17.6 Å². The average molecular weight is 162 g/mol. The number of pyridine rings is 1. The Labute approximate surface area is 73.1 Å². The van der Waals surface area contributed by atoms with E-state index in [0.717, 1.165) is 18.5 Å². The SMILES string of the molecule is C=CCc1ccc(CCN)nc1. The summed E-state index contributed by atoms with van der Waals surface area (Å²) >= 11 is 0. The third-order valence-corrected chi connectivity index (χ3v) is 1.67. The number of nitrogens with zero attached hydrogens (tertiary/aromatic N) is 1. The number of allylic oxidation sites excluding steroid dienone is 1. The molecule has 0 amide bonds. The van der Waals surface area contributed by atoms with Crippen molar-refractivity contribution in [2.24, 2.45) is 5.73 Å². The van der Waals surface area contributed by atoms with E-state index in [1.165, 1.54) is 5.56 Å². The summed E-state index contributed by atoms with van der Waals surface area (Å²) in [7, 11) is 0. The Morgan fingerprint density at radius 1 is 1.50 bits per heavy atom. The van der Waals surface area contributed by atoms with Gasteiger partial charge in [0.2, 0.25) is 0 Å². The average Bonchev–Trinajstić information content (AvgIpc) is 2.09. The lowest BCUT2D eigenvalue weighted by Crippen LogP contribution is -2.04. The molecule has 2 heteroatoms. The Balaban J connectivity index is 2.64. The van der Waals surface area contributed by atoms with Crippen LogP contribution < -0.4 is 5.73 Å². The van der Waals surface area contributed by atoms with Gasteiger partial charge in [0, 0.05) is 18.3 Å². The lowest BCUT2D eigenvalue weighted by Gasteiger charge is -1.99. The summed E-state index contributed by atoms with van der Waals surface area (Å²) in [5.74, 6) is 0. The largest absolute Gasteiger partial charge is 0.330 e. The highest BCUT2D eigenvalue weighted by atomic mass is 14.7. The minimum absolute atomic E-state index is 0.661. The molecule has 0 radical (unpaired) electrons. The molecule has 1 heterocycles. The molecule has 0 bridgehead atoms. The van der Waals surface area contributed by atoms with Gasteiger partial charge in [-0.05, 0) is 24.6 Å². The summed E-state index contributed by atoms with van der Waals surface area (Å²) in [5, 5.41) is 0. The van der Waals surface area contributed by atoms with Crippen molar-refractivity contribution in [1.29, 1.82) is 0 Å². The van der Waals surface area contributed by atoms with Gasteiger partial charge in [-0.25, -0.2) is 0 Å². The molecular formula is C10H14N2. The zero-order chi connectivity index (χ0) is 8.81. The Kier molecular flexibility index (Phi) is 3.48. The van der Waals surface area contributed by atoms with Gasteiger partial charge in [-0.2, -0.15) is 0 Å². The van der Waals surface area contributed by atoms with Gasteiger partial charge < -0.3 is 5.73 Å². The third-order valence-electron chi connectivity index (χ3n) is 1.67. The normalized spacial score (nSPS) is 9.75. The van der Waals surface area contributed by atoms with E-state index in [0.29, 0.717) is 6.54 Å². The van der Waals surface area contributed by atoms with Crippen LogP contribution in [0, 0.1) is 0 Å². The van der Waals surface area contributed by atoms with Gasteiger partial charge in [-0.15, -0.1) is 6.58 Å². The van der Waals surface area contributed by atoms with Crippen LogP contribution in [0.3, 0.4) is 0 Å². The lowest BCUT2D eigenvalue weighted by molar-refractivity contribution is 0.918. The molecule has 0 aliphatic rings. The van der Waals surface area contributed by atoms with Gasteiger partial charge in [-0.3, -0.25) is 4.98 Å². The number of aromatic nitrogens is 1. The van der Waals surface area contributed by atoms with Gasteiger partial charge >= 0.3 is 0 Å². The van der Waals surface area contributed by atoms with E-state index >= 15 is 0 Å². The van der Waals surface area contributed by atoms with E-state index in [1.54, 1.807) is 0 Å². The fourth-order valence-electron chi connectivity index (χ4n) is 1.04. The smallest absolute Gasteiger partial charge is 0.0416 e. The first-order chi connectivity index (χ1) is 5.86. The zero-order valence-corrected chi connectivity index (χ0v) is 7.16. The summed E-state index contributed by atoms with van der Waals surface area (Å²) in [6.45, 7) is 4.33. The van der Waals surface area contributed by atoms with Crippen molar-refractivity contribution in [3.8, 4) is 0 Å². The maximum Gasteiger partial charge on any atom is 0.0416 e. The van der Waals surface area contributed by atoms with E-state index in [9.17, 15) is 0 Å². The molecule has 1 aromatic rings. The standard InChI is InChI=1S/C10H14N2/c1-2-3-9-4-5-10(6-7-11)12-8-9/h2,4-5,8H,1,3,6-7,11H2. The molecule has 0 unspecified atom stereocenters. The first-order valence-corrected chi connectivity index (χ1v) is 4.11. The molecule has 2 nitrogen and oxygen atoms in total. The first kappa shape index (κ1) is 8.94. The van der Waals surface area contributed by atoms with Gasteiger partial charge in [0.1, 0.15) is 0 Å². The Bertz CT molecular complexity index is 239. The first-order valence-electron chi connectivity index (χ1n) is 4.11. The van der Waals surface area contributed by atoms with Crippen molar-refractivity contribution in [2.75, 3.05) is 6.54 Å². The highest BCUT2D eigenvalue weighted by Crippen LogP contribution is 2.01. The quantitative estimate of drug-likeness (QED) is 0.678. The topological polar surface area (TPSA) is 38.9 Å². The molecule has 12 heavy (non-hydrogen) atoms. The van der Waals surface area contributed by atoms with Crippen LogP contribution in [0.4, 0.5) is 0 Å². The molecule has 0 saturated carbocycles. The molecule has 2 N–H and O–H groups in total. The van der Waals surface area contributed by atoms with Gasteiger partial charge in [0.15, 0.2) is 0 Å². The predicted molar refractivity (Wildman–Crippen MR) is 50.9 cm³/mol. The number of hydrogen-bond acceptors (Lipinski definition) is 2. The second-order valence-corrected chi connectivity index (χ2v) is 2.69. The minimum atomic E-state index is 0.661. The lowest BCUT2D eigenvalue weighted by atomic mass is 10.2. The third kappa shape index (κ3) is 2.47. The van der Waals surface area contributed by atoms with Crippen molar-refractivity contribution < 1.29 is 0 Å². The molecule has 0 aromatic carbocycles. The summed E-state index contributed by atoms with van der Waals surface area (Å²) in [4.78, 5) is 4.26. The van der Waals surface area contributed by atoms with Gasteiger partial charge in [0.05, 0.1) is 0 Å². The van der Waals surface area contributed by atoms with E-state index in [1.807, 2.05) is 18.3 Å². The molecule has 0 spiro atoms. The van der Waals surface area contributed by atoms with Crippen LogP contribution in [0.5, 0.6) is 0 Å². The maximum absolute atomic E-state index is 5.40. The predicted octanol–water partition coefficient (Wildman–Crippen LogP) is 1.31. The van der Waals surface area contributed by atoms with Crippen molar-refractivity contribution >= 4 is 0 Å². The van der Waals surface area contributed by atoms with Gasteiger partial charge in [-0.1, -0.05) is 12.1 Å². The van der Waals surface area contributed by atoms with Crippen molar-refractivity contribution in [1.82, 2.24) is 4.98 Å². The summed E-state index contributed by atoms with van der Waals surface area (Å²) < 4.78 is 0. The fraction of sp³-hybridized carbons (Fsp3) is 0.300. The Morgan fingerprint density at radius 2 is 2.33 bits per heavy atom. The minimum Gasteiger partial charge on any atom is -0.330 e. The highest BCUT2D eigenvalue weighted by molar-refractivity contribution is 5.16. The molecule has 0 saturated heterocycles. The van der Waals surface area contributed by atoms with E-state index < -0.39 is 0 Å². The highest BCUT2D eigenvalue weighted by Gasteiger charge is 1.92. The molecule has 64 valence electrons. The number of rotatable bonds is 4. The second kappa shape index (κ2) is 4.67. The molecule has 1 aromatic heterocycles. The Morgan fingerprint density at radius 3 is 2.83 bits per heavy atom. The number of hydrogen-bond donors (Lipinski definition) is 1. The van der Waals surface area contributed by atoms with Crippen molar-refractivity contribution in [3.63, 3.8) is 0 Å². The maximum atomic E-state index is 5.40. The second-order valence-electron chi connectivity index (χ2n) is 2.69. The molecule has 0 aliphatic carbocycles. The van der Waals surface area contributed by atoms with Crippen LogP contribution in [-0.2, 0) is 12.8 Å². The van der Waals surface area contributed by atoms with E-state index in [4.69, 9.17) is 5.73 Å². The van der Waals surface area contributed by atoms with Crippen LogP contribution in [0.25, 0.3) is 0 Å². The van der Waals surface area contributed by atoms with Crippen LogP contribution in [0.1, 0.15) is 11.3 Å². The van der Waals surface area contributed by atoms with Crippen LogP contribution in [0.15, 0.2) is 31.0 Å². The summed E-state index contributed by atoms with van der Waals surface area (Å²) in [5.41, 5.74) is 7.66. The Hall–Kier alpha value is -1.15. The molecule has 0 atom stereocenters. The molecular weight excluding hydrogens is 148 g/mol. The molecule has 0 fully saturated rings. The summed E-state index contributed by atoms with van der Waals surface area (Å²) in [6, 6.07) is 4.09. The number of nitrogens with two attached hydrogens (primary N) is 1. The fourth-order valence-corrected chi connectivity index (χ4v) is 1.04. The molecule has 1 rings (SSSR count). The van der Waals surface area contributed by atoms with Crippen LogP contribution in [-0.4, -0.2) is 11.5 Å². The zero-order valence-electron chi connectivity index (χ0n) is 7.16. The van der Waals surface area contributed by atoms with Crippen LogP contribution in [0.2, 0.25) is 0 Å². The van der Waals surface area contributed by atoms with Crippen LogP contribution >= 0.6 is 0 Å². The van der Waals surface area contributed by atoms with Gasteiger partial charge in [0.25, 0.3) is 0 Å². The molecule has 0 aliphatic heterocycles. The van der Waals surface area contributed by atoms with Crippen molar-refractivity contribution in [2.45, 2.75) is 12.8 Å².